The third-order valence-electron chi connectivity index (χ3n) is 5.35. The van der Waals surface area contributed by atoms with Crippen LogP contribution in [0.1, 0.15) is 5.69 Å². The van der Waals surface area contributed by atoms with Gasteiger partial charge >= 0.3 is 12.4 Å². The monoisotopic (exact) mass is 466 g/mol. The largest absolute Gasteiger partial charge is 0.573 e. The highest BCUT2D eigenvalue weighted by Crippen LogP contribution is 2.24. The standard InChI is InChI=1S/C21H25F3N6O3/c1-15-14-18(27-19(25-15)29-10-12-32-13-11-29)28-6-8-30(9-7-28)20(31)26-16-2-4-17(5-3-16)33-21(22,23)24/h2-5,14H,6-13H2,1H3,(H,26,31). The Morgan fingerprint density at radius 3 is 2.30 bits per heavy atom. The average molecular weight is 466 g/mol. The number of carbonyl (C=O) groups is 1. The van der Waals surface area contributed by atoms with Crippen molar-refractivity contribution in [3.05, 3.63) is 36.0 Å². The van der Waals surface area contributed by atoms with E-state index >= 15 is 0 Å². The van der Waals surface area contributed by atoms with E-state index in [0.29, 0.717) is 51.0 Å². The molecule has 0 spiro atoms. The summed E-state index contributed by atoms with van der Waals surface area (Å²) < 4.78 is 46.0. The van der Waals surface area contributed by atoms with Crippen LogP contribution in [0.4, 0.5) is 35.4 Å². The molecule has 9 nitrogen and oxygen atoms in total. The number of hydrogen-bond acceptors (Lipinski definition) is 7. The van der Waals surface area contributed by atoms with E-state index in [4.69, 9.17) is 9.72 Å². The lowest BCUT2D eigenvalue weighted by Gasteiger charge is -2.36. The summed E-state index contributed by atoms with van der Waals surface area (Å²) in [5.74, 6) is 1.17. The molecule has 0 aliphatic carbocycles. The van der Waals surface area contributed by atoms with Gasteiger partial charge in [0.1, 0.15) is 11.6 Å². The number of amides is 2. The molecule has 0 saturated carbocycles. The van der Waals surface area contributed by atoms with Crippen LogP contribution in [-0.4, -0.2) is 79.7 Å². The van der Waals surface area contributed by atoms with Crippen molar-refractivity contribution in [3.63, 3.8) is 0 Å². The number of ether oxygens (including phenoxy) is 2. The molecule has 2 aromatic rings. The number of urea groups is 1. The van der Waals surface area contributed by atoms with E-state index in [0.717, 1.165) is 36.7 Å². The Labute approximate surface area is 189 Å². The zero-order valence-electron chi connectivity index (χ0n) is 18.1. The Morgan fingerprint density at radius 1 is 1.00 bits per heavy atom. The van der Waals surface area contributed by atoms with Gasteiger partial charge in [0.05, 0.1) is 13.2 Å². The minimum Gasteiger partial charge on any atom is -0.406 e. The number of morpholine rings is 1. The van der Waals surface area contributed by atoms with Gasteiger partial charge in [-0.1, -0.05) is 0 Å². The Bertz CT molecular complexity index is 959. The fraction of sp³-hybridized carbons (Fsp3) is 0.476. The summed E-state index contributed by atoms with van der Waals surface area (Å²) in [6, 6.07) is 6.67. The molecule has 12 heteroatoms. The maximum absolute atomic E-state index is 12.6. The number of aromatic nitrogens is 2. The molecular weight excluding hydrogens is 441 g/mol. The lowest BCUT2D eigenvalue weighted by atomic mass is 10.3. The fourth-order valence-corrected chi connectivity index (χ4v) is 3.68. The Hall–Kier alpha value is -3.28. The van der Waals surface area contributed by atoms with Gasteiger partial charge in [-0.2, -0.15) is 4.98 Å². The van der Waals surface area contributed by atoms with Crippen molar-refractivity contribution >= 4 is 23.5 Å². The second kappa shape index (κ2) is 9.69. The molecule has 0 bridgehead atoms. The maximum Gasteiger partial charge on any atom is 0.573 e. The molecule has 4 rings (SSSR count). The molecule has 2 fully saturated rings. The summed E-state index contributed by atoms with van der Waals surface area (Å²) in [6.45, 7) is 6.91. The zero-order chi connectivity index (χ0) is 23.4. The summed E-state index contributed by atoms with van der Waals surface area (Å²) in [5, 5.41) is 2.71. The van der Waals surface area contributed by atoms with E-state index in [1.807, 2.05) is 13.0 Å². The lowest BCUT2D eigenvalue weighted by Crippen LogP contribution is -2.50. The highest BCUT2D eigenvalue weighted by atomic mass is 19.4. The summed E-state index contributed by atoms with van der Waals surface area (Å²) in [6.07, 6.45) is -4.75. The summed E-state index contributed by atoms with van der Waals surface area (Å²) in [4.78, 5) is 27.7. The molecule has 33 heavy (non-hydrogen) atoms. The van der Waals surface area contributed by atoms with E-state index in [9.17, 15) is 18.0 Å². The van der Waals surface area contributed by atoms with Crippen molar-refractivity contribution in [2.75, 3.05) is 67.6 Å². The van der Waals surface area contributed by atoms with Gasteiger partial charge in [0.25, 0.3) is 0 Å². The number of piperazine rings is 1. The molecule has 3 heterocycles. The number of anilines is 3. The van der Waals surface area contributed by atoms with Gasteiger partial charge in [-0.15, -0.1) is 13.2 Å². The van der Waals surface area contributed by atoms with Crippen molar-refractivity contribution in [2.45, 2.75) is 13.3 Å². The van der Waals surface area contributed by atoms with Crippen LogP contribution < -0.4 is 19.9 Å². The predicted octanol–water partition coefficient (Wildman–Crippen LogP) is 2.87. The molecule has 0 unspecified atom stereocenters. The van der Waals surface area contributed by atoms with Crippen molar-refractivity contribution in [2.24, 2.45) is 0 Å². The molecule has 178 valence electrons. The molecule has 2 aliphatic rings. The smallest absolute Gasteiger partial charge is 0.406 e. The maximum atomic E-state index is 12.6. The Balaban J connectivity index is 1.32. The highest BCUT2D eigenvalue weighted by Gasteiger charge is 2.31. The number of nitrogens with one attached hydrogen (secondary N) is 1. The zero-order valence-corrected chi connectivity index (χ0v) is 18.1. The van der Waals surface area contributed by atoms with E-state index in [2.05, 4.69) is 24.8 Å². The van der Waals surface area contributed by atoms with Crippen molar-refractivity contribution in [3.8, 4) is 5.75 Å². The van der Waals surface area contributed by atoms with Gasteiger partial charge in [0.15, 0.2) is 0 Å². The quantitative estimate of drug-likeness (QED) is 0.742. The van der Waals surface area contributed by atoms with Crippen molar-refractivity contribution in [1.82, 2.24) is 14.9 Å². The number of aryl methyl sites for hydroxylation is 1. The fourth-order valence-electron chi connectivity index (χ4n) is 3.68. The van der Waals surface area contributed by atoms with Gasteiger partial charge < -0.3 is 29.5 Å². The molecular formula is C21H25F3N6O3. The summed E-state index contributed by atoms with van der Waals surface area (Å²) >= 11 is 0. The molecule has 2 amide bonds. The molecule has 1 aromatic carbocycles. The van der Waals surface area contributed by atoms with Gasteiger partial charge in [-0.25, -0.2) is 9.78 Å². The van der Waals surface area contributed by atoms with Gasteiger partial charge in [0.2, 0.25) is 5.95 Å². The number of carbonyl (C=O) groups excluding carboxylic acids is 1. The number of nitrogens with zero attached hydrogens (tertiary/aromatic N) is 5. The molecule has 0 atom stereocenters. The SMILES string of the molecule is Cc1cc(N2CCN(C(=O)Nc3ccc(OC(F)(F)F)cc3)CC2)nc(N2CCOCC2)n1. The normalized spacial score (nSPS) is 17.2. The number of hydrogen-bond donors (Lipinski definition) is 1. The molecule has 0 radical (unpaired) electrons. The van der Waals surface area contributed by atoms with E-state index < -0.39 is 6.36 Å². The topological polar surface area (TPSA) is 83.1 Å². The third-order valence-corrected chi connectivity index (χ3v) is 5.35. The lowest BCUT2D eigenvalue weighted by molar-refractivity contribution is -0.274. The first kappa shape index (κ1) is 22.9. The van der Waals surface area contributed by atoms with Crippen LogP contribution in [-0.2, 0) is 4.74 Å². The Morgan fingerprint density at radius 2 is 1.67 bits per heavy atom. The van der Waals surface area contributed by atoms with E-state index in [1.54, 1.807) is 4.90 Å². The second-order valence-corrected chi connectivity index (χ2v) is 7.74. The highest BCUT2D eigenvalue weighted by molar-refractivity contribution is 5.89. The molecule has 2 aliphatic heterocycles. The van der Waals surface area contributed by atoms with Gasteiger partial charge in [-0.05, 0) is 31.2 Å². The third kappa shape index (κ3) is 6.15. The van der Waals surface area contributed by atoms with E-state index in [-0.39, 0.29) is 11.8 Å². The predicted molar refractivity (Wildman–Crippen MR) is 116 cm³/mol. The van der Waals surface area contributed by atoms with Crippen molar-refractivity contribution in [1.29, 1.82) is 0 Å². The second-order valence-electron chi connectivity index (χ2n) is 7.74. The molecule has 1 N–H and O–H groups in total. The first-order valence-electron chi connectivity index (χ1n) is 10.6. The van der Waals surface area contributed by atoms with Gasteiger partial charge in [-0.3, -0.25) is 0 Å². The van der Waals surface area contributed by atoms with Gasteiger partial charge in [0, 0.05) is 56.7 Å². The minimum absolute atomic E-state index is 0.313. The number of benzene rings is 1. The van der Waals surface area contributed by atoms with Crippen LogP contribution in [0.15, 0.2) is 30.3 Å². The van der Waals surface area contributed by atoms with E-state index in [1.165, 1.54) is 12.1 Å². The van der Waals surface area contributed by atoms with Crippen LogP contribution in [0.25, 0.3) is 0 Å². The summed E-state index contributed by atoms with van der Waals surface area (Å²) in [7, 11) is 0. The first-order chi connectivity index (χ1) is 15.8. The van der Waals surface area contributed by atoms with Crippen LogP contribution >= 0.6 is 0 Å². The first-order valence-corrected chi connectivity index (χ1v) is 10.6. The van der Waals surface area contributed by atoms with Crippen LogP contribution in [0.3, 0.4) is 0 Å². The number of halogens is 3. The average Bonchev–Trinajstić information content (AvgIpc) is 2.80. The van der Waals surface area contributed by atoms with Crippen molar-refractivity contribution < 1.29 is 27.4 Å². The van der Waals surface area contributed by atoms with Crippen LogP contribution in [0.2, 0.25) is 0 Å². The minimum atomic E-state index is -4.75. The molecule has 2 saturated heterocycles. The number of alkyl halides is 3. The van der Waals surface area contributed by atoms with Crippen LogP contribution in [0.5, 0.6) is 5.75 Å². The number of rotatable bonds is 4. The van der Waals surface area contributed by atoms with Crippen LogP contribution in [0, 0.1) is 6.92 Å². The Kier molecular flexibility index (Phi) is 6.72. The molecule has 1 aromatic heterocycles. The summed E-state index contributed by atoms with van der Waals surface area (Å²) in [5.41, 5.74) is 1.26.